The van der Waals surface area contributed by atoms with Crippen LogP contribution in [0.25, 0.3) is 0 Å². The Kier molecular flexibility index (Phi) is 4.31. The van der Waals surface area contributed by atoms with E-state index in [1.807, 2.05) is 0 Å². The van der Waals surface area contributed by atoms with Gasteiger partial charge in [0, 0.05) is 12.6 Å². The number of benzene rings is 1. The van der Waals surface area contributed by atoms with Crippen LogP contribution in [0, 0.1) is 20.8 Å². The van der Waals surface area contributed by atoms with Crippen molar-refractivity contribution < 1.29 is 4.74 Å². The van der Waals surface area contributed by atoms with E-state index in [0.717, 1.165) is 13.2 Å². The van der Waals surface area contributed by atoms with Crippen LogP contribution >= 0.6 is 0 Å². The standard InChI is InChI=1S/C17H27N3O/c1-11-7-13(3)15(8-12(11)2)17(19-18)16-9-20-6-4-5-14(20)10-21-16/h7-8,14,16-17,19H,4-6,9-10,18H2,1-3H3. The Morgan fingerprint density at radius 3 is 2.76 bits per heavy atom. The molecule has 2 heterocycles. The smallest absolute Gasteiger partial charge is 0.0910 e. The molecule has 0 aromatic heterocycles. The summed E-state index contributed by atoms with van der Waals surface area (Å²) >= 11 is 0. The fraction of sp³-hybridized carbons (Fsp3) is 0.647. The van der Waals surface area contributed by atoms with Crippen molar-refractivity contribution in [3.8, 4) is 0 Å². The Balaban J connectivity index is 1.83. The Bertz CT molecular complexity index is 517. The van der Waals surface area contributed by atoms with Gasteiger partial charge in [0.25, 0.3) is 0 Å². The second kappa shape index (κ2) is 6.05. The number of nitrogens with two attached hydrogens (primary N) is 1. The number of hydrogen-bond donors (Lipinski definition) is 2. The zero-order valence-corrected chi connectivity index (χ0v) is 13.4. The van der Waals surface area contributed by atoms with Crippen LogP contribution in [0.4, 0.5) is 0 Å². The Labute approximate surface area is 127 Å². The van der Waals surface area contributed by atoms with Crippen molar-refractivity contribution in [2.24, 2.45) is 5.84 Å². The summed E-state index contributed by atoms with van der Waals surface area (Å²) in [5, 5.41) is 0. The maximum atomic E-state index is 6.14. The molecular formula is C17H27N3O. The van der Waals surface area contributed by atoms with Crippen molar-refractivity contribution in [2.75, 3.05) is 19.7 Å². The summed E-state index contributed by atoms with van der Waals surface area (Å²) in [5.74, 6) is 5.88. The Morgan fingerprint density at radius 2 is 2.00 bits per heavy atom. The molecule has 3 rings (SSSR count). The van der Waals surface area contributed by atoms with Gasteiger partial charge in [-0.25, -0.2) is 0 Å². The lowest BCUT2D eigenvalue weighted by Crippen LogP contribution is -2.51. The van der Waals surface area contributed by atoms with Gasteiger partial charge in [-0.15, -0.1) is 0 Å². The molecule has 2 fully saturated rings. The van der Waals surface area contributed by atoms with Crippen LogP contribution in [-0.2, 0) is 4.74 Å². The molecule has 4 heteroatoms. The first-order valence-corrected chi connectivity index (χ1v) is 7.99. The monoisotopic (exact) mass is 289 g/mol. The average Bonchev–Trinajstić information content (AvgIpc) is 2.92. The highest BCUT2D eigenvalue weighted by atomic mass is 16.5. The lowest BCUT2D eigenvalue weighted by atomic mass is 9.92. The molecule has 2 saturated heterocycles. The molecule has 1 aromatic rings. The molecule has 3 N–H and O–H groups in total. The number of hydrazine groups is 1. The van der Waals surface area contributed by atoms with Crippen molar-refractivity contribution >= 4 is 0 Å². The predicted molar refractivity (Wildman–Crippen MR) is 85.1 cm³/mol. The second-order valence-electron chi connectivity index (χ2n) is 6.60. The van der Waals surface area contributed by atoms with Gasteiger partial charge in [-0.2, -0.15) is 0 Å². The van der Waals surface area contributed by atoms with Crippen LogP contribution in [0.2, 0.25) is 0 Å². The first-order chi connectivity index (χ1) is 10.1. The normalized spacial score (nSPS) is 27.6. The zero-order valence-electron chi connectivity index (χ0n) is 13.4. The number of fused-ring (bicyclic) bond motifs is 1. The number of morpholine rings is 1. The highest BCUT2D eigenvalue weighted by molar-refractivity contribution is 5.38. The molecule has 2 aliphatic heterocycles. The first kappa shape index (κ1) is 15.0. The van der Waals surface area contributed by atoms with E-state index in [1.165, 1.54) is 41.6 Å². The van der Waals surface area contributed by atoms with Crippen molar-refractivity contribution in [2.45, 2.75) is 51.8 Å². The summed E-state index contributed by atoms with van der Waals surface area (Å²) in [6, 6.07) is 5.19. The molecule has 3 unspecified atom stereocenters. The van der Waals surface area contributed by atoms with Crippen LogP contribution in [-0.4, -0.2) is 36.7 Å². The molecule has 0 spiro atoms. The van der Waals surface area contributed by atoms with Gasteiger partial charge < -0.3 is 4.74 Å². The third-order valence-corrected chi connectivity index (χ3v) is 5.18. The fourth-order valence-corrected chi connectivity index (χ4v) is 3.76. The highest BCUT2D eigenvalue weighted by Gasteiger charge is 2.36. The van der Waals surface area contributed by atoms with Gasteiger partial charge in [0.1, 0.15) is 0 Å². The van der Waals surface area contributed by atoms with Gasteiger partial charge in [-0.1, -0.05) is 12.1 Å². The van der Waals surface area contributed by atoms with E-state index in [4.69, 9.17) is 10.6 Å². The van der Waals surface area contributed by atoms with E-state index >= 15 is 0 Å². The number of rotatable bonds is 3. The van der Waals surface area contributed by atoms with Gasteiger partial charge in [-0.05, 0) is 62.4 Å². The van der Waals surface area contributed by atoms with E-state index in [-0.39, 0.29) is 12.1 Å². The third-order valence-electron chi connectivity index (χ3n) is 5.18. The maximum absolute atomic E-state index is 6.14. The molecule has 2 aliphatic rings. The zero-order chi connectivity index (χ0) is 15.0. The average molecular weight is 289 g/mol. The molecule has 0 radical (unpaired) electrons. The van der Waals surface area contributed by atoms with E-state index in [1.54, 1.807) is 0 Å². The molecular weight excluding hydrogens is 262 g/mol. The summed E-state index contributed by atoms with van der Waals surface area (Å²) in [6.45, 7) is 9.49. The summed E-state index contributed by atoms with van der Waals surface area (Å²) in [4.78, 5) is 2.56. The quantitative estimate of drug-likeness (QED) is 0.660. The van der Waals surface area contributed by atoms with Crippen LogP contribution in [0.5, 0.6) is 0 Å². The highest BCUT2D eigenvalue weighted by Crippen LogP contribution is 2.30. The van der Waals surface area contributed by atoms with Crippen LogP contribution in [0.1, 0.15) is 41.1 Å². The molecule has 21 heavy (non-hydrogen) atoms. The summed E-state index contributed by atoms with van der Waals surface area (Å²) < 4.78 is 6.14. The molecule has 3 atom stereocenters. The molecule has 4 nitrogen and oxygen atoms in total. The topological polar surface area (TPSA) is 50.5 Å². The van der Waals surface area contributed by atoms with Gasteiger partial charge in [0.2, 0.25) is 0 Å². The molecule has 1 aromatic carbocycles. The van der Waals surface area contributed by atoms with Gasteiger partial charge in [-0.3, -0.25) is 16.2 Å². The van der Waals surface area contributed by atoms with Gasteiger partial charge in [0.05, 0.1) is 18.8 Å². The van der Waals surface area contributed by atoms with E-state index in [9.17, 15) is 0 Å². The minimum atomic E-state index is 0.0610. The van der Waals surface area contributed by atoms with Crippen LogP contribution in [0.3, 0.4) is 0 Å². The lowest BCUT2D eigenvalue weighted by Gasteiger charge is -2.39. The fourth-order valence-electron chi connectivity index (χ4n) is 3.76. The second-order valence-corrected chi connectivity index (χ2v) is 6.60. The van der Waals surface area contributed by atoms with Crippen LogP contribution < -0.4 is 11.3 Å². The van der Waals surface area contributed by atoms with E-state index in [0.29, 0.717) is 6.04 Å². The third kappa shape index (κ3) is 2.86. The molecule has 0 aliphatic carbocycles. The summed E-state index contributed by atoms with van der Waals surface area (Å²) in [5.41, 5.74) is 8.20. The number of aryl methyl sites for hydroxylation is 3. The minimum Gasteiger partial charge on any atom is -0.373 e. The van der Waals surface area contributed by atoms with E-state index < -0.39 is 0 Å². The van der Waals surface area contributed by atoms with Crippen molar-refractivity contribution in [1.29, 1.82) is 0 Å². The molecule has 0 saturated carbocycles. The minimum absolute atomic E-state index is 0.0610. The Morgan fingerprint density at radius 1 is 1.24 bits per heavy atom. The maximum Gasteiger partial charge on any atom is 0.0910 e. The Hall–Kier alpha value is -0.940. The van der Waals surface area contributed by atoms with Crippen molar-refractivity contribution in [3.63, 3.8) is 0 Å². The molecule has 116 valence electrons. The first-order valence-electron chi connectivity index (χ1n) is 7.99. The number of hydrogen-bond acceptors (Lipinski definition) is 4. The number of ether oxygens (including phenoxy) is 1. The molecule has 0 amide bonds. The van der Waals surface area contributed by atoms with Crippen molar-refractivity contribution in [1.82, 2.24) is 10.3 Å². The summed E-state index contributed by atoms with van der Waals surface area (Å²) in [6.07, 6.45) is 2.70. The van der Waals surface area contributed by atoms with E-state index in [2.05, 4.69) is 43.2 Å². The SMILES string of the molecule is Cc1cc(C)c(C(NN)C2CN3CCCC3CO2)cc1C. The largest absolute Gasteiger partial charge is 0.373 e. The summed E-state index contributed by atoms with van der Waals surface area (Å²) in [7, 11) is 0. The van der Waals surface area contributed by atoms with Gasteiger partial charge >= 0.3 is 0 Å². The number of nitrogens with zero attached hydrogens (tertiary/aromatic N) is 1. The predicted octanol–water partition coefficient (Wildman–Crippen LogP) is 1.98. The number of nitrogens with one attached hydrogen (secondary N) is 1. The lowest BCUT2D eigenvalue weighted by molar-refractivity contribution is -0.0654. The van der Waals surface area contributed by atoms with Gasteiger partial charge in [0.15, 0.2) is 0 Å². The van der Waals surface area contributed by atoms with Crippen molar-refractivity contribution in [3.05, 3.63) is 34.4 Å². The van der Waals surface area contributed by atoms with Crippen LogP contribution in [0.15, 0.2) is 12.1 Å². The molecule has 0 bridgehead atoms.